The molecule has 5 N–H and O–H groups in total. The second-order valence-corrected chi connectivity index (χ2v) is 3.79. The summed E-state index contributed by atoms with van der Waals surface area (Å²) >= 11 is 0. The van der Waals surface area contributed by atoms with Crippen LogP contribution in [-0.4, -0.2) is 30.7 Å². The van der Waals surface area contributed by atoms with Crippen molar-refractivity contribution in [3.8, 4) is 0 Å². The Bertz CT molecular complexity index is 393. The molecule has 0 spiro atoms. The highest BCUT2D eigenvalue weighted by Gasteiger charge is 2.10. The number of nitrogens with two attached hydrogens (primary N) is 2. The van der Waals surface area contributed by atoms with Gasteiger partial charge in [0.2, 0.25) is 0 Å². The van der Waals surface area contributed by atoms with E-state index in [1.165, 1.54) is 0 Å². The van der Waals surface area contributed by atoms with Crippen molar-refractivity contribution >= 4 is 17.3 Å². The first-order valence-corrected chi connectivity index (χ1v) is 5.65. The highest BCUT2D eigenvalue weighted by atomic mass is 16.3. The van der Waals surface area contributed by atoms with Gasteiger partial charge in [-0.1, -0.05) is 0 Å². The van der Waals surface area contributed by atoms with E-state index < -0.39 is 5.91 Å². The minimum absolute atomic E-state index is 0.147. The van der Waals surface area contributed by atoms with Crippen molar-refractivity contribution in [3.63, 3.8) is 0 Å². The molecule has 0 aliphatic rings. The number of anilines is 2. The van der Waals surface area contributed by atoms with Gasteiger partial charge in [0, 0.05) is 31.1 Å². The Balaban J connectivity index is 2.96. The van der Waals surface area contributed by atoms with E-state index in [4.69, 9.17) is 16.6 Å². The van der Waals surface area contributed by atoms with Crippen molar-refractivity contribution < 1.29 is 9.90 Å². The summed E-state index contributed by atoms with van der Waals surface area (Å²) in [6.45, 7) is 3.68. The van der Waals surface area contributed by atoms with Crippen LogP contribution in [0, 0.1) is 0 Å². The van der Waals surface area contributed by atoms with Gasteiger partial charge in [-0.05, 0) is 31.5 Å². The lowest BCUT2D eigenvalue weighted by atomic mass is 10.1. The molecule has 5 heteroatoms. The third kappa shape index (κ3) is 3.35. The zero-order valence-corrected chi connectivity index (χ0v) is 10.0. The number of carbonyl (C=O) groups is 1. The highest BCUT2D eigenvalue weighted by molar-refractivity contribution is 5.99. The van der Waals surface area contributed by atoms with Crippen LogP contribution < -0.4 is 16.4 Å². The number of hydrogen-bond acceptors (Lipinski definition) is 4. The van der Waals surface area contributed by atoms with Crippen LogP contribution >= 0.6 is 0 Å². The van der Waals surface area contributed by atoms with E-state index in [9.17, 15) is 4.79 Å². The molecule has 0 heterocycles. The predicted molar refractivity (Wildman–Crippen MR) is 69.0 cm³/mol. The van der Waals surface area contributed by atoms with E-state index in [-0.39, 0.29) is 6.61 Å². The number of rotatable bonds is 6. The smallest absolute Gasteiger partial charge is 0.250 e. The minimum Gasteiger partial charge on any atom is -0.398 e. The Hall–Kier alpha value is -1.75. The number of aliphatic hydroxyl groups is 1. The quantitative estimate of drug-likeness (QED) is 0.631. The Kier molecular flexibility index (Phi) is 4.78. The maximum atomic E-state index is 11.2. The lowest BCUT2D eigenvalue weighted by molar-refractivity contribution is 0.100. The fourth-order valence-electron chi connectivity index (χ4n) is 1.69. The van der Waals surface area contributed by atoms with Gasteiger partial charge in [0.15, 0.2) is 0 Å². The Labute approximate surface area is 101 Å². The number of hydrogen-bond donors (Lipinski definition) is 3. The van der Waals surface area contributed by atoms with Crippen molar-refractivity contribution in [2.75, 3.05) is 30.3 Å². The Morgan fingerprint density at radius 1 is 1.47 bits per heavy atom. The molecule has 1 amide bonds. The topological polar surface area (TPSA) is 92.6 Å². The maximum Gasteiger partial charge on any atom is 0.250 e. The van der Waals surface area contributed by atoms with E-state index in [1.54, 1.807) is 12.1 Å². The van der Waals surface area contributed by atoms with Crippen molar-refractivity contribution in [3.05, 3.63) is 23.8 Å². The third-order valence-electron chi connectivity index (χ3n) is 2.64. The molecule has 0 saturated heterocycles. The van der Waals surface area contributed by atoms with Crippen LogP contribution in [0.3, 0.4) is 0 Å². The number of amides is 1. The van der Waals surface area contributed by atoms with E-state index in [2.05, 4.69) is 4.90 Å². The molecule has 0 aliphatic heterocycles. The fraction of sp³-hybridized carbons (Fsp3) is 0.417. The summed E-state index contributed by atoms with van der Waals surface area (Å²) in [5.41, 5.74) is 12.5. The molecule has 94 valence electrons. The molecule has 0 bridgehead atoms. The summed E-state index contributed by atoms with van der Waals surface area (Å²) < 4.78 is 0. The van der Waals surface area contributed by atoms with Crippen LogP contribution in [0.15, 0.2) is 18.2 Å². The average molecular weight is 237 g/mol. The molecule has 0 radical (unpaired) electrons. The van der Waals surface area contributed by atoms with E-state index in [0.717, 1.165) is 18.8 Å². The first-order chi connectivity index (χ1) is 8.10. The lowest BCUT2D eigenvalue weighted by Gasteiger charge is -2.23. The summed E-state index contributed by atoms with van der Waals surface area (Å²) in [7, 11) is 0. The maximum absolute atomic E-state index is 11.2. The molecule has 1 aromatic rings. The number of primary amides is 1. The molecule has 0 unspecified atom stereocenters. The normalized spacial score (nSPS) is 10.2. The predicted octanol–water partition coefficient (Wildman–Crippen LogP) is 0.576. The molecule has 0 aliphatic carbocycles. The summed E-state index contributed by atoms with van der Waals surface area (Å²) in [6, 6.07) is 5.22. The van der Waals surface area contributed by atoms with Gasteiger partial charge < -0.3 is 21.5 Å². The first-order valence-electron chi connectivity index (χ1n) is 5.65. The highest BCUT2D eigenvalue weighted by Crippen LogP contribution is 2.21. The summed E-state index contributed by atoms with van der Waals surface area (Å²) in [4.78, 5) is 13.2. The van der Waals surface area contributed by atoms with Crippen LogP contribution in [0.25, 0.3) is 0 Å². The van der Waals surface area contributed by atoms with Gasteiger partial charge in [-0.3, -0.25) is 4.79 Å². The molecule has 0 aromatic heterocycles. The molecule has 0 fully saturated rings. The van der Waals surface area contributed by atoms with E-state index in [0.29, 0.717) is 17.7 Å². The number of nitrogens with zero attached hydrogens (tertiary/aromatic N) is 1. The number of carbonyl (C=O) groups excluding carboxylic acids is 1. The van der Waals surface area contributed by atoms with Gasteiger partial charge in [-0.15, -0.1) is 0 Å². The molecule has 0 atom stereocenters. The van der Waals surface area contributed by atoms with Crippen LogP contribution in [-0.2, 0) is 0 Å². The number of aliphatic hydroxyl groups excluding tert-OH is 1. The SMILES string of the molecule is CCN(CCCO)c1ccc(N)c(C(N)=O)c1. The van der Waals surface area contributed by atoms with E-state index >= 15 is 0 Å². The summed E-state index contributed by atoms with van der Waals surface area (Å²) in [6.07, 6.45) is 0.685. The van der Waals surface area contributed by atoms with Gasteiger partial charge in [0.05, 0.1) is 5.56 Å². The van der Waals surface area contributed by atoms with Gasteiger partial charge in [-0.2, -0.15) is 0 Å². The van der Waals surface area contributed by atoms with Crippen molar-refractivity contribution in [1.82, 2.24) is 0 Å². The fourth-order valence-corrected chi connectivity index (χ4v) is 1.69. The van der Waals surface area contributed by atoms with Crippen molar-refractivity contribution in [2.24, 2.45) is 5.73 Å². The van der Waals surface area contributed by atoms with E-state index in [1.807, 2.05) is 13.0 Å². The van der Waals surface area contributed by atoms with Crippen LogP contribution in [0.5, 0.6) is 0 Å². The average Bonchev–Trinajstić information content (AvgIpc) is 2.31. The standard InChI is InChI=1S/C12H19N3O2/c1-2-15(6-3-7-16)9-4-5-11(13)10(8-9)12(14)17/h4-5,8,16H,2-3,6-7,13H2,1H3,(H2,14,17). The minimum atomic E-state index is -0.525. The zero-order chi connectivity index (χ0) is 12.8. The van der Waals surface area contributed by atoms with Gasteiger partial charge in [-0.25, -0.2) is 0 Å². The van der Waals surface area contributed by atoms with Crippen LogP contribution in [0.1, 0.15) is 23.7 Å². The molecule has 1 aromatic carbocycles. The molecular formula is C12H19N3O2. The van der Waals surface area contributed by atoms with Crippen LogP contribution in [0.2, 0.25) is 0 Å². The lowest BCUT2D eigenvalue weighted by Crippen LogP contribution is -2.25. The molecular weight excluding hydrogens is 218 g/mol. The molecule has 5 nitrogen and oxygen atoms in total. The van der Waals surface area contributed by atoms with Crippen LogP contribution in [0.4, 0.5) is 11.4 Å². The van der Waals surface area contributed by atoms with Gasteiger partial charge in [0.1, 0.15) is 0 Å². The number of nitrogen functional groups attached to an aromatic ring is 1. The summed E-state index contributed by atoms with van der Waals surface area (Å²) in [5, 5.41) is 8.82. The second kappa shape index (κ2) is 6.10. The van der Waals surface area contributed by atoms with Gasteiger partial charge in [0.25, 0.3) is 5.91 Å². The van der Waals surface area contributed by atoms with Crippen molar-refractivity contribution in [1.29, 1.82) is 0 Å². The second-order valence-electron chi connectivity index (χ2n) is 3.79. The largest absolute Gasteiger partial charge is 0.398 e. The third-order valence-corrected chi connectivity index (χ3v) is 2.64. The Morgan fingerprint density at radius 2 is 2.18 bits per heavy atom. The zero-order valence-electron chi connectivity index (χ0n) is 10.0. The Morgan fingerprint density at radius 3 is 2.71 bits per heavy atom. The van der Waals surface area contributed by atoms with Crippen molar-refractivity contribution in [2.45, 2.75) is 13.3 Å². The molecule has 1 rings (SSSR count). The molecule has 0 saturated carbocycles. The molecule has 17 heavy (non-hydrogen) atoms. The monoisotopic (exact) mass is 237 g/mol. The number of benzene rings is 1. The first kappa shape index (κ1) is 13.3. The van der Waals surface area contributed by atoms with Gasteiger partial charge >= 0.3 is 0 Å². The summed E-state index contributed by atoms with van der Waals surface area (Å²) in [5.74, 6) is -0.525.